The lowest BCUT2D eigenvalue weighted by atomic mass is 10.1. The van der Waals surface area contributed by atoms with E-state index in [1.54, 1.807) is 0 Å². The van der Waals surface area contributed by atoms with Crippen LogP contribution in [0.3, 0.4) is 0 Å². The van der Waals surface area contributed by atoms with Crippen LogP contribution in [-0.4, -0.2) is 19.8 Å². The Morgan fingerprint density at radius 1 is 0.909 bits per heavy atom. The molecule has 2 aromatic carbocycles. The lowest BCUT2D eigenvalue weighted by Crippen LogP contribution is -2.10. The van der Waals surface area contributed by atoms with Gasteiger partial charge < -0.3 is 14.8 Å². The lowest BCUT2D eigenvalue weighted by molar-refractivity contribution is 0.0507. The minimum absolute atomic E-state index is 0.226. The standard InChI is InChI=1S/C18H21NO3/c1-19-13-16-7-9-17(10-8-16)14-22-18(20)21-12-11-15-5-3-2-4-6-15/h2-10,19H,11-14H2,1H3. The molecule has 0 heterocycles. The Bertz CT molecular complexity index is 567. The second-order valence-corrected chi connectivity index (χ2v) is 4.97. The molecule has 2 aromatic rings. The summed E-state index contributed by atoms with van der Waals surface area (Å²) in [7, 11) is 1.91. The van der Waals surface area contributed by atoms with E-state index in [1.165, 1.54) is 5.56 Å². The van der Waals surface area contributed by atoms with Crippen LogP contribution in [0.25, 0.3) is 0 Å². The monoisotopic (exact) mass is 299 g/mol. The topological polar surface area (TPSA) is 47.6 Å². The van der Waals surface area contributed by atoms with Gasteiger partial charge in [0.15, 0.2) is 0 Å². The molecule has 0 atom stereocenters. The van der Waals surface area contributed by atoms with Crippen molar-refractivity contribution in [1.29, 1.82) is 0 Å². The average molecular weight is 299 g/mol. The molecule has 0 aliphatic heterocycles. The molecule has 0 amide bonds. The van der Waals surface area contributed by atoms with Crippen molar-refractivity contribution in [2.45, 2.75) is 19.6 Å². The van der Waals surface area contributed by atoms with Crippen molar-refractivity contribution >= 4 is 6.16 Å². The number of rotatable bonds is 7. The number of benzene rings is 2. The highest BCUT2D eigenvalue weighted by Gasteiger charge is 2.04. The van der Waals surface area contributed by atoms with E-state index in [-0.39, 0.29) is 6.61 Å². The summed E-state index contributed by atoms with van der Waals surface area (Å²) in [6, 6.07) is 17.8. The van der Waals surface area contributed by atoms with E-state index in [0.717, 1.165) is 17.7 Å². The molecule has 22 heavy (non-hydrogen) atoms. The summed E-state index contributed by atoms with van der Waals surface area (Å²) in [4.78, 5) is 11.5. The van der Waals surface area contributed by atoms with Gasteiger partial charge in [0.2, 0.25) is 0 Å². The van der Waals surface area contributed by atoms with Gasteiger partial charge in [-0.3, -0.25) is 0 Å². The van der Waals surface area contributed by atoms with Crippen molar-refractivity contribution in [1.82, 2.24) is 5.32 Å². The zero-order chi connectivity index (χ0) is 15.6. The molecule has 1 N–H and O–H groups in total. The molecule has 0 unspecified atom stereocenters. The Hall–Kier alpha value is -2.33. The minimum atomic E-state index is -0.629. The number of carbonyl (C=O) groups is 1. The van der Waals surface area contributed by atoms with Gasteiger partial charge in [-0.1, -0.05) is 54.6 Å². The minimum Gasteiger partial charge on any atom is -0.434 e. The van der Waals surface area contributed by atoms with Crippen molar-refractivity contribution in [3.05, 3.63) is 71.3 Å². The van der Waals surface area contributed by atoms with E-state index in [2.05, 4.69) is 5.32 Å². The smallest absolute Gasteiger partial charge is 0.434 e. The first-order valence-electron chi connectivity index (χ1n) is 7.34. The second-order valence-electron chi connectivity index (χ2n) is 4.97. The maximum atomic E-state index is 11.5. The molecule has 116 valence electrons. The second kappa shape index (κ2) is 8.85. The van der Waals surface area contributed by atoms with Crippen LogP contribution in [0.15, 0.2) is 54.6 Å². The van der Waals surface area contributed by atoms with Crippen LogP contribution in [0.4, 0.5) is 4.79 Å². The molecule has 4 nitrogen and oxygen atoms in total. The Labute approximate surface area is 131 Å². The first-order valence-corrected chi connectivity index (χ1v) is 7.34. The van der Waals surface area contributed by atoms with Gasteiger partial charge in [0, 0.05) is 13.0 Å². The Balaban J connectivity index is 1.67. The SMILES string of the molecule is CNCc1ccc(COC(=O)OCCc2ccccc2)cc1. The van der Waals surface area contributed by atoms with E-state index in [1.807, 2.05) is 61.6 Å². The zero-order valence-corrected chi connectivity index (χ0v) is 12.7. The molecule has 0 radical (unpaired) electrons. The Kier molecular flexibility index (Phi) is 6.45. The predicted octanol–water partition coefficient (Wildman–Crippen LogP) is 3.30. The molecular weight excluding hydrogens is 278 g/mol. The summed E-state index contributed by atoms with van der Waals surface area (Å²) in [5.41, 5.74) is 3.27. The van der Waals surface area contributed by atoms with Crippen LogP contribution in [0.1, 0.15) is 16.7 Å². The Morgan fingerprint density at radius 2 is 1.59 bits per heavy atom. The summed E-state index contributed by atoms with van der Waals surface area (Å²) in [6.07, 6.45) is 0.0597. The van der Waals surface area contributed by atoms with Gasteiger partial charge in [-0.05, 0) is 23.7 Å². The van der Waals surface area contributed by atoms with Gasteiger partial charge in [-0.2, -0.15) is 0 Å². The fraction of sp³-hybridized carbons (Fsp3) is 0.278. The summed E-state index contributed by atoms with van der Waals surface area (Å²) in [6.45, 7) is 1.37. The quantitative estimate of drug-likeness (QED) is 0.797. The van der Waals surface area contributed by atoms with Gasteiger partial charge in [-0.15, -0.1) is 0 Å². The third-order valence-electron chi connectivity index (χ3n) is 3.21. The first kappa shape index (κ1) is 16.0. The molecule has 0 saturated heterocycles. The third kappa shape index (κ3) is 5.58. The summed E-state index contributed by atoms with van der Waals surface area (Å²) >= 11 is 0. The van der Waals surface area contributed by atoms with Crippen LogP contribution < -0.4 is 5.32 Å². The molecule has 0 bridgehead atoms. The fourth-order valence-electron chi connectivity index (χ4n) is 2.04. The lowest BCUT2D eigenvalue weighted by Gasteiger charge is -2.07. The molecule has 0 spiro atoms. The number of carbonyl (C=O) groups excluding carboxylic acids is 1. The highest BCUT2D eigenvalue weighted by atomic mass is 16.7. The van der Waals surface area contributed by atoms with Crippen LogP contribution in [0.5, 0.6) is 0 Å². The highest BCUT2D eigenvalue weighted by Crippen LogP contribution is 2.06. The van der Waals surface area contributed by atoms with E-state index < -0.39 is 6.16 Å². The van der Waals surface area contributed by atoms with Gasteiger partial charge >= 0.3 is 6.16 Å². The largest absolute Gasteiger partial charge is 0.508 e. The first-order chi connectivity index (χ1) is 10.8. The zero-order valence-electron chi connectivity index (χ0n) is 12.7. The van der Waals surface area contributed by atoms with Gasteiger partial charge in [0.1, 0.15) is 6.61 Å². The number of nitrogens with one attached hydrogen (secondary N) is 1. The summed E-state index contributed by atoms with van der Waals surface area (Å²) < 4.78 is 10.1. The average Bonchev–Trinajstić information content (AvgIpc) is 2.55. The highest BCUT2D eigenvalue weighted by molar-refractivity contribution is 5.59. The van der Waals surface area contributed by atoms with Crippen LogP contribution in [-0.2, 0) is 29.0 Å². The number of hydrogen-bond acceptors (Lipinski definition) is 4. The molecule has 0 aromatic heterocycles. The van der Waals surface area contributed by atoms with Gasteiger partial charge in [-0.25, -0.2) is 4.79 Å². The molecular formula is C18H21NO3. The fourth-order valence-corrected chi connectivity index (χ4v) is 2.04. The maximum Gasteiger partial charge on any atom is 0.508 e. The van der Waals surface area contributed by atoms with Crippen molar-refractivity contribution < 1.29 is 14.3 Å². The van der Waals surface area contributed by atoms with Crippen LogP contribution in [0.2, 0.25) is 0 Å². The molecule has 0 saturated carbocycles. The Morgan fingerprint density at radius 3 is 2.27 bits per heavy atom. The molecule has 0 aliphatic rings. The molecule has 0 aliphatic carbocycles. The van der Waals surface area contributed by atoms with E-state index in [9.17, 15) is 4.79 Å². The van der Waals surface area contributed by atoms with Crippen molar-refractivity contribution in [2.75, 3.05) is 13.7 Å². The van der Waals surface area contributed by atoms with Crippen molar-refractivity contribution in [3.8, 4) is 0 Å². The van der Waals surface area contributed by atoms with Crippen LogP contribution in [0, 0.1) is 0 Å². The summed E-state index contributed by atoms with van der Waals surface area (Å²) in [5.74, 6) is 0. The normalized spacial score (nSPS) is 10.2. The van der Waals surface area contributed by atoms with E-state index in [4.69, 9.17) is 9.47 Å². The predicted molar refractivity (Wildman–Crippen MR) is 85.5 cm³/mol. The maximum absolute atomic E-state index is 11.5. The number of hydrogen-bond donors (Lipinski definition) is 1. The molecule has 0 fully saturated rings. The van der Waals surface area contributed by atoms with Gasteiger partial charge in [0.05, 0.1) is 6.61 Å². The van der Waals surface area contributed by atoms with Crippen molar-refractivity contribution in [3.63, 3.8) is 0 Å². The van der Waals surface area contributed by atoms with E-state index in [0.29, 0.717) is 13.0 Å². The van der Waals surface area contributed by atoms with E-state index >= 15 is 0 Å². The van der Waals surface area contributed by atoms with Crippen LogP contribution >= 0.6 is 0 Å². The van der Waals surface area contributed by atoms with Crippen molar-refractivity contribution in [2.24, 2.45) is 0 Å². The molecule has 2 rings (SSSR count). The summed E-state index contributed by atoms with van der Waals surface area (Å²) in [5, 5.41) is 3.08. The molecule has 4 heteroatoms. The van der Waals surface area contributed by atoms with Gasteiger partial charge in [0.25, 0.3) is 0 Å². The third-order valence-corrected chi connectivity index (χ3v) is 3.21. The number of ether oxygens (including phenoxy) is 2.